The quantitative estimate of drug-likeness (QED) is 0.0872. The van der Waals surface area contributed by atoms with Gasteiger partial charge in [0.2, 0.25) is 0 Å². The fraction of sp³-hybridized carbons (Fsp3) is 0. The number of nitrogen functional groups attached to an aromatic ring is 1. The number of carbonyl (C=O) groups excluding carboxylic acids is 3. The summed E-state index contributed by atoms with van der Waals surface area (Å²) in [5, 5.41) is 4.89. The summed E-state index contributed by atoms with van der Waals surface area (Å²) < 4.78 is 68.0. The van der Waals surface area contributed by atoms with E-state index in [1.165, 1.54) is 30.3 Å². The van der Waals surface area contributed by atoms with Crippen LogP contribution in [0.15, 0.2) is 69.4 Å². The van der Waals surface area contributed by atoms with Gasteiger partial charge in [-0.15, -0.1) is 0 Å². The molecule has 0 spiro atoms. The van der Waals surface area contributed by atoms with Crippen molar-refractivity contribution in [1.82, 2.24) is 0 Å². The summed E-state index contributed by atoms with van der Waals surface area (Å²) in [5.41, 5.74) is 3.45. The van der Waals surface area contributed by atoms with Crippen molar-refractivity contribution in [3.05, 3.63) is 81.8 Å². The fourth-order valence-corrected chi connectivity index (χ4v) is 5.29. The van der Waals surface area contributed by atoms with E-state index >= 15 is 0 Å². The average Bonchev–Trinajstić information content (AvgIpc) is 2.82. The van der Waals surface area contributed by atoms with Gasteiger partial charge in [-0.3, -0.25) is 23.5 Å². The number of anilines is 4. The molecular formula is C23H16BrN3Na2O9S2. The van der Waals surface area contributed by atoms with Crippen LogP contribution in [0.5, 0.6) is 0 Å². The van der Waals surface area contributed by atoms with Gasteiger partial charge < -0.3 is 16.4 Å². The molecule has 1 aliphatic carbocycles. The third-order valence-corrected chi connectivity index (χ3v) is 7.66. The van der Waals surface area contributed by atoms with Crippen molar-refractivity contribution in [2.75, 3.05) is 16.4 Å². The predicted octanol–water partition coefficient (Wildman–Crippen LogP) is 2.37. The zero-order chi connectivity index (χ0) is 28.2. The van der Waals surface area contributed by atoms with Gasteiger partial charge in [0.25, 0.3) is 26.1 Å². The largest absolute Gasteiger partial charge is 0.397 e. The molecule has 3 aromatic rings. The van der Waals surface area contributed by atoms with Crippen molar-refractivity contribution in [3.63, 3.8) is 0 Å². The first-order chi connectivity index (χ1) is 17.6. The number of fused-ring (bicyclic) bond motifs is 2. The van der Waals surface area contributed by atoms with Gasteiger partial charge in [-0.1, -0.05) is 30.8 Å². The van der Waals surface area contributed by atoms with Crippen LogP contribution in [0.1, 0.15) is 31.8 Å². The number of carbonyl (C=O) groups is 3. The van der Waals surface area contributed by atoms with Gasteiger partial charge >= 0.3 is 0 Å². The molecule has 17 heteroatoms. The van der Waals surface area contributed by atoms with E-state index in [9.17, 15) is 40.3 Å². The van der Waals surface area contributed by atoms with E-state index in [2.05, 4.69) is 33.1 Å². The fourth-order valence-electron chi connectivity index (χ4n) is 3.87. The Morgan fingerprint density at radius 3 is 1.85 bits per heavy atom. The molecule has 0 heterocycles. The standard InChI is InChI=1S/C23H16BrN3O9S2.2Na/c1-10(24)23(30)26-11-6-7-14(16(8-11)37(31,32)33)27-15-9-17(38(34,35)36)20(25)19-18(15)21(28)12-4-2-3-5-13(12)22(19)29;;/h2-9,27H,1,25H2,(H,26,30)(H,31,32,33)(H,34,35,36);;. The number of rotatable bonds is 6. The summed E-state index contributed by atoms with van der Waals surface area (Å²) in [4.78, 5) is 36.9. The van der Waals surface area contributed by atoms with Gasteiger partial charge in [-0.25, -0.2) is 0 Å². The van der Waals surface area contributed by atoms with E-state index in [0.717, 1.165) is 18.2 Å². The van der Waals surface area contributed by atoms with E-state index in [0.29, 0.717) is 0 Å². The molecule has 0 bridgehead atoms. The maximum Gasteiger partial charge on any atom is 0.296 e. The minimum absolute atomic E-state index is 0. The molecule has 2 radical (unpaired) electrons. The second-order valence-corrected chi connectivity index (χ2v) is 11.7. The van der Waals surface area contributed by atoms with Crippen molar-refractivity contribution < 1.29 is 40.3 Å². The minimum Gasteiger partial charge on any atom is -0.397 e. The Labute approximate surface area is 281 Å². The van der Waals surface area contributed by atoms with E-state index in [1.807, 2.05) is 0 Å². The zero-order valence-corrected chi connectivity index (χ0v) is 28.1. The van der Waals surface area contributed by atoms with E-state index < -0.39 is 64.4 Å². The molecule has 198 valence electrons. The molecule has 0 unspecified atom stereocenters. The smallest absolute Gasteiger partial charge is 0.296 e. The molecule has 0 aliphatic heterocycles. The zero-order valence-electron chi connectivity index (χ0n) is 20.8. The van der Waals surface area contributed by atoms with Gasteiger partial charge in [0.05, 0.1) is 32.7 Å². The van der Waals surface area contributed by atoms with Gasteiger partial charge in [0, 0.05) is 75.9 Å². The number of ketones is 2. The van der Waals surface area contributed by atoms with Crippen LogP contribution in [0.2, 0.25) is 0 Å². The van der Waals surface area contributed by atoms with Crippen molar-refractivity contribution in [2.45, 2.75) is 9.79 Å². The monoisotopic (exact) mass is 667 g/mol. The number of halogens is 1. The summed E-state index contributed by atoms with van der Waals surface area (Å²) in [7, 11) is -9.99. The minimum atomic E-state index is -5.02. The molecule has 0 saturated heterocycles. The Bertz CT molecular complexity index is 1830. The number of benzene rings is 3. The van der Waals surface area contributed by atoms with Crippen molar-refractivity contribution in [3.8, 4) is 0 Å². The first-order valence-electron chi connectivity index (χ1n) is 10.3. The Kier molecular flexibility index (Phi) is 10.8. The maximum absolute atomic E-state index is 13.4. The maximum atomic E-state index is 13.4. The normalized spacial score (nSPS) is 12.3. The summed E-state index contributed by atoms with van der Waals surface area (Å²) in [6.07, 6.45) is 0. The number of hydrogen-bond acceptors (Lipinski definition) is 9. The van der Waals surface area contributed by atoms with Gasteiger partial charge in [0.15, 0.2) is 11.6 Å². The van der Waals surface area contributed by atoms with Crippen molar-refractivity contribution in [2.24, 2.45) is 0 Å². The first kappa shape index (κ1) is 34.3. The van der Waals surface area contributed by atoms with Crippen LogP contribution in [-0.4, -0.2) is 103 Å². The third kappa shape index (κ3) is 6.60. The van der Waals surface area contributed by atoms with Crippen LogP contribution in [0.4, 0.5) is 22.7 Å². The van der Waals surface area contributed by atoms with Gasteiger partial charge in [-0.05, 0) is 40.2 Å². The molecule has 4 rings (SSSR count). The second kappa shape index (κ2) is 12.5. The van der Waals surface area contributed by atoms with E-state index in [1.54, 1.807) is 0 Å². The van der Waals surface area contributed by atoms with Crippen LogP contribution >= 0.6 is 15.9 Å². The number of nitrogens with one attached hydrogen (secondary N) is 2. The van der Waals surface area contributed by atoms with Crippen molar-refractivity contribution in [1.29, 1.82) is 0 Å². The molecule has 1 aliphatic rings. The number of hydrogen-bond donors (Lipinski definition) is 5. The summed E-state index contributed by atoms with van der Waals surface area (Å²) in [6, 6.07) is 9.70. The molecule has 0 fully saturated rings. The van der Waals surface area contributed by atoms with Crippen LogP contribution in [-0.2, 0) is 25.0 Å². The summed E-state index contributed by atoms with van der Waals surface area (Å²) >= 11 is 2.87. The molecule has 0 saturated carbocycles. The summed E-state index contributed by atoms with van der Waals surface area (Å²) in [5.74, 6) is -2.25. The number of amides is 1. The second-order valence-electron chi connectivity index (χ2n) is 7.93. The molecule has 0 aromatic heterocycles. The molecule has 40 heavy (non-hydrogen) atoms. The molecular weight excluding hydrogens is 652 g/mol. The molecule has 12 nitrogen and oxygen atoms in total. The Balaban J connectivity index is 0.00000280. The average molecular weight is 668 g/mol. The Hall–Kier alpha value is -1.89. The summed E-state index contributed by atoms with van der Waals surface area (Å²) in [6.45, 7) is 3.39. The van der Waals surface area contributed by atoms with Gasteiger partial charge in [0.1, 0.15) is 9.79 Å². The van der Waals surface area contributed by atoms with Crippen LogP contribution in [0, 0.1) is 0 Å². The van der Waals surface area contributed by atoms with E-state index in [4.69, 9.17) is 5.73 Å². The Morgan fingerprint density at radius 2 is 1.35 bits per heavy atom. The molecule has 6 N–H and O–H groups in total. The first-order valence-corrected chi connectivity index (χ1v) is 13.9. The number of nitrogens with two attached hydrogens (primary N) is 1. The van der Waals surface area contributed by atoms with Crippen LogP contribution < -0.4 is 16.4 Å². The topological polar surface area (TPSA) is 210 Å². The van der Waals surface area contributed by atoms with Gasteiger partial charge in [-0.2, -0.15) is 16.8 Å². The molecule has 1 amide bonds. The molecule has 3 aromatic carbocycles. The van der Waals surface area contributed by atoms with Crippen LogP contribution in [0.25, 0.3) is 0 Å². The third-order valence-electron chi connectivity index (χ3n) is 5.51. The van der Waals surface area contributed by atoms with Crippen LogP contribution in [0.3, 0.4) is 0 Å². The van der Waals surface area contributed by atoms with E-state index in [-0.39, 0.29) is 91.7 Å². The predicted molar refractivity (Wildman–Crippen MR) is 152 cm³/mol. The van der Waals surface area contributed by atoms with Crippen molar-refractivity contribution >= 4 is 136 Å². The SMILES string of the molecule is C=C(Br)C(=O)Nc1ccc(Nc2cc(S(=O)(=O)O)c(N)c3c2C(=O)c2ccccc2C3=O)c(S(=O)(=O)O)c1.[Na].[Na]. The molecule has 0 atom stereocenters. The Morgan fingerprint density at radius 1 is 0.825 bits per heavy atom.